The molecule has 0 spiro atoms. The van der Waals surface area contributed by atoms with E-state index in [1.165, 1.54) is 24.9 Å². The molecule has 3 N–H and O–H groups in total. The van der Waals surface area contributed by atoms with Crippen molar-refractivity contribution in [2.45, 2.75) is 25.3 Å². The van der Waals surface area contributed by atoms with E-state index in [9.17, 15) is 14.4 Å². The molecule has 0 aliphatic carbocycles. The third kappa shape index (κ3) is 5.25. The number of carbonyl (C=O) groups excluding carboxylic acids is 2. The number of rotatable bonds is 11. The molecule has 0 amide bonds. The molecule has 3 aromatic heterocycles. The van der Waals surface area contributed by atoms with Crippen molar-refractivity contribution in [2.75, 3.05) is 6.54 Å². The molecule has 1 aliphatic heterocycles. The van der Waals surface area contributed by atoms with Crippen LogP contribution in [0.15, 0.2) is 85.3 Å². The van der Waals surface area contributed by atoms with Gasteiger partial charge in [0.25, 0.3) is 0 Å². The first kappa shape index (κ1) is 23.8. The molecule has 0 bridgehead atoms. The first-order valence-corrected chi connectivity index (χ1v) is 11.0. The Kier molecular flexibility index (Phi) is 7.27. The van der Waals surface area contributed by atoms with Gasteiger partial charge in [0.05, 0.1) is 35.8 Å². The van der Waals surface area contributed by atoms with Crippen LogP contribution in [0.5, 0.6) is 0 Å². The summed E-state index contributed by atoms with van der Waals surface area (Å²) in [6.07, 6.45) is 9.54. The van der Waals surface area contributed by atoms with E-state index in [-0.39, 0.29) is 16.9 Å². The largest absolute Gasteiger partial charge is 0.480 e. The fourth-order valence-electron chi connectivity index (χ4n) is 3.88. The quantitative estimate of drug-likeness (QED) is 0.239. The second kappa shape index (κ2) is 10.7. The van der Waals surface area contributed by atoms with Crippen molar-refractivity contribution < 1.29 is 32.7 Å². The Morgan fingerprint density at radius 2 is 1.71 bits per heavy atom. The molecule has 4 rings (SSSR count). The number of carboxylic acids is 1. The number of Topliss-reactive ketones (excluding diaryl/α,β-unsaturated/α-hetero) is 1. The zero-order chi connectivity index (χ0) is 24.8. The Morgan fingerprint density at radius 1 is 1.03 bits per heavy atom. The Morgan fingerprint density at radius 3 is 2.31 bits per heavy atom. The van der Waals surface area contributed by atoms with Crippen LogP contribution in [0.4, 0.5) is 0 Å². The van der Waals surface area contributed by atoms with Crippen molar-refractivity contribution in [1.29, 1.82) is 0 Å². The number of aldehydes is 1. The number of carbonyl (C=O) groups is 3. The predicted molar refractivity (Wildman–Crippen MR) is 126 cm³/mol. The molecule has 180 valence electrons. The average Bonchev–Trinajstić information content (AvgIpc) is 3.65. The summed E-state index contributed by atoms with van der Waals surface area (Å²) in [6, 6.07) is 9.23. The van der Waals surface area contributed by atoms with Crippen LogP contribution >= 0.6 is 0 Å². The van der Waals surface area contributed by atoms with E-state index in [0.717, 1.165) is 0 Å². The molecule has 0 fully saturated rings. The van der Waals surface area contributed by atoms with E-state index in [0.29, 0.717) is 60.8 Å². The van der Waals surface area contributed by atoms with Crippen LogP contribution in [0.3, 0.4) is 0 Å². The number of hydrogen-bond acceptors (Lipinski definition) is 8. The maximum atomic E-state index is 13.7. The molecule has 1 atom stereocenters. The second-order valence-corrected chi connectivity index (χ2v) is 7.90. The van der Waals surface area contributed by atoms with Crippen molar-refractivity contribution in [3.63, 3.8) is 0 Å². The highest BCUT2D eigenvalue weighted by Crippen LogP contribution is 2.40. The van der Waals surface area contributed by atoms with Gasteiger partial charge in [0.1, 0.15) is 17.6 Å². The number of ketones is 1. The zero-order valence-electron chi connectivity index (χ0n) is 18.8. The first-order chi connectivity index (χ1) is 17.0. The summed E-state index contributed by atoms with van der Waals surface area (Å²) in [7, 11) is 0. The third-order valence-electron chi connectivity index (χ3n) is 5.55. The van der Waals surface area contributed by atoms with E-state index in [4.69, 9.17) is 24.1 Å². The zero-order valence-corrected chi connectivity index (χ0v) is 18.8. The number of nitrogens with two attached hydrogens (primary N) is 1. The van der Waals surface area contributed by atoms with Crippen molar-refractivity contribution in [3.8, 4) is 0 Å². The summed E-state index contributed by atoms with van der Waals surface area (Å²) in [4.78, 5) is 38.7. The van der Waals surface area contributed by atoms with Crippen LogP contribution in [-0.2, 0) is 14.4 Å². The number of nitrogens with zero attached hydrogens (tertiary/aromatic N) is 1. The summed E-state index contributed by atoms with van der Waals surface area (Å²) in [6.45, 7) is 0.358. The Hall–Kier alpha value is -4.37. The number of unbranched alkanes of at least 4 members (excludes halogenated alkanes) is 1. The van der Waals surface area contributed by atoms with Gasteiger partial charge < -0.3 is 29.0 Å². The lowest BCUT2D eigenvalue weighted by molar-refractivity contribution is -0.138. The second-order valence-electron chi connectivity index (χ2n) is 7.90. The normalized spacial score (nSPS) is 16.4. The molecule has 3 aromatic rings. The lowest BCUT2D eigenvalue weighted by Crippen LogP contribution is -2.30. The van der Waals surface area contributed by atoms with Gasteiger partial charge in [-0.3, -0.25) is 14.4 Å². The molecule has 9 heteroatoms. The van der Waals surface area contributed by atoms with Crippen LogP contribution in [0.1, 0.15) is 36.5 Å². The number of carboxylic acid groups (broad SMARTS) is 1. The van der Waals surface area contributed by atoms with Crippen molar-refractivity contribution in [3.05, 3.63) is 89.3 Å². The SMILES string of the molecule is NC(CCCCN1C(c2ccco2)=C(/C(C=O)=C\c2ccco2)C(=O)/C1=C\c1ccco1)C(=O)O. The minimum Gasteiger partial charge on any atom is -0.480 e. The van der Waals surface area contributed by atoms with Gasteiger partial charge in [-0.15, -0.1) is 0 Å². The molecule has 1 unspecified atom stereocenters. The minimum atomic E-state index is -1.06. The van der Waals surface area contributed by atoms with Gasteiger partial charge in [-0.25, -0.2) is 0 Å². The number of allylic oxidation sites excluding steroid dienone is 2. The number of furan rings is 3. The molecule has 4 heterocycles. The highest BCUT2D eigenvalue weighted by atomic mass is 16.4. The van der Waals surface area contributed by atoms with Gasteiger partial charge in [-0.1, -0.05) is 0 Å². The Balaban J connectivity index is 1.77. The summed E-state index contributed by atoms with van der Waals surface area (Å²) in [5, 5.41) is 9.04. The molecule has 0 saturated carbocycles. The number of aliphatic carboxylic acids is 1. The molecule has 1 aliphatic rings. The minimum absolute atomic E-state index is 0.136. The van der Waals surface area contributed by atoms with Gasteiger partial charge in [-0.2, -0.15) is 0 Å². The van der Waals surface area contributed by atoms with Crippen molar-refractivity contribution in [1.82, 2.24) is 4.90 Å². The van der Waals surface area contributed by atoms with Crippen LogP contribution in [0, 0.1) is 0 Å². The molecule has 9 nitrogen and oxygen atoms in total. The maximum Gasteiger partial charge on any atom is 0.320 e. The maximum absolute atomic E-state index is 13.7. The lowest BCUT2D eigenvalue weighted by Gasteiger charge is -2.22. The Labute approximate surface area is 200 Å². The highest BCUT2D eigenvalue weighted by Gasteiger charge is 2.38. The van der Waals surface area contributed by atoms with E-state index in [1.54, 1.807) is 47.4 Å². The fraction of sp³-hybridized carbons (Fsp3) is 0.192. The standard InChI is InChI=1S/C26H24N2O7/c27-20(26(31)32)8-1-2-10-28-21(15-19-7-4-12-34-19)25(30)23(24(28)22-9-5-13-35-22)17(16-29)14-18-6-3-11-33-18/h3-7,9,11-16,20H,1-2,8,10,27H2,(H,31,32)/b17-14-,21-15+. The summed E-state index contributed by atoms with van der Waals surface area (Å²) < 4.78 is 16.4. The van der Waals surface area contributed by atoms with Gasteiger partial charge in [0, 0.05) is 18.2 Å². The topological polar surface area (TPSA) is 140 Å². The summed E-state index contributed by atoms with van der Waals surface area (Å²) in [5.41, 5.74) is 6.67. The van der Waals surface area contributed by atoms with Crippen LogP contribution < -0.4 is 5.73 Å². The van der Waals surface area contributed by atoms with Crippen LogP contribution in [0.25, 0.3) is 17.8 Å². The van der Waals surface area contributed by atoms with Gasteiger partial charge in [0.15, 0.2) is 12.0 Å². The first-order valence-electron chi connectivity index (χ1n) is 11.0. The Bertz CT molecular complexity index is 1260. The molecule has 0 radical (unpaired) electrons. The summed E-state index contributed by atoms with van der Waals surface area (Å²) >= 11 is 0. The number of hydrogen-bond donors (Lipinski definition) is 2. The molecular formula is C26H24N2O7. The van der Waals surface area contributed by atoms with E-state index in [2.05, 4.69) is 0 Å². The van der Waals surface area contributed by atoms with Gasteiger partial charge in [0.2, 0.25) is 5.78 Å². The lowest BCUT2D eigenvalue weighted by atomic mass is 10.00. The molecule has 35 heavy (non-hydrogen) atoms. The molecular weight excluding hydrogens is 452 g/mol. The fourth-order valence-corrected chi connectivity index (χ4v) is 3.88. The van der Waals surface area contributed by atoms with Crippen molar-refractivity contribution >= 4 is 35.9 Å². The molecule has 0 saturated heterocycles. The van der Waals surface area contributed by atoms with E-state index >= 15 is 0 Å². The van der Waals surface area contributed by atoms with Crippen LogP contribution in [-0.4, -0.2) is 40.6 Å². The predicted octanol–water partition coefficient (Wildman–Crippen LogP) is 3.97. The van der Waals surface area contributed by atoms with Crippen molar-refractivity contribution in [2.24, 2.45) is 5.73 Å². The summed E-state index contributed by atoms with van der Waals surface area (Å²) in [5.74, 6) is -0.139. The highest BCUT2D eigenvalue weighted by molar-refractivity contribution is 6.25. The monoisotopic (exact) mass is 476 g/mol. The van der Waals surface area contributed by atoms with E-state index < -0.39 is 12.0 Å². The van der Waals surface area contributed by atoms with Crippen LogP contribution in [0.2, 0.25) is 0 Å². The average molecular weight is 476 g/mol. The van der Waals surface area contributed by atoms with Gasteiger partial charge in [-0.05, 0) is 61.7 Å². The third-order valence-corrected chi connectivity index (χ3v) is 5.55. The molecule has 0 aromatic carbocycles. The van der Waals surface area contributed by atoms with E-state index in [1.807, 2.05) is 0 Å². The smallest absolute Gasteiger partial charge is 0.320 e. The van der Waals surface area contributed by atoms with Gasteiger partial charge >= 0.3 is 5.97 Å².